The van der Waals surface area contributed by atoms with Crippen molar-refractivity contribution in [2.24, 2.45) is 0 Å². The number of H-pyrrole nitrogens is 2. The van der Waals surface area contributed by atoms with Crippen molar-refractivity contribution in [1.82, 2.24) is 19.9 Å². The molecule has 1 aromatic carbocycles. The third-order valence-electron chi connectivity index (χ3n) is 6.45. The first-order chi connectivity index (χ1) is 15.6. The van der Waals surface area contributed by atoms with E-state index >= 15 is 0 Å². The molecule has 1 aliphatic rings. The molecule has 1 fully saturated rings. The van der Waals surface area contributed by atoms with E-state index in [1.807, 2.05) is 13.1 Å². The summed E-state index contributed by atoms with van der Waals surface area (Å²) in [6, 6.07) is 6.34. The van der Waals surface area contributed by atoms with Gasteiger partial charge >= 0.3 is 0 Å². The summed E-state index contributed by atoms with van der Waals surface area (Å²) < 4.78 is 12.1. The van der Waals surface area contributed by atoms with E-state index in [9.17, 15) is 4.79 Å². The van der Waals surface area contributed by atoms with E-state index in [1.54, 1.807) is 6.33 Å². The number of hydrogen-bond acceptors (Lipinski definition) is 5. The number of piperidine rings is 1. The van der Waals surface area contributed by atoms with Crippen LogP contribution >= 0.6 is 0 Å². The number of benzene rings is 1. The smallest absolute Gasteiger partial charge is 0.276 e. The Bertz CT molecular complexity index is 1080. The van der Waals surface area contributed by atoms with Crippen LogP contribution in [0.5, 0.6) is 11.5 Å². The molecule has 2 N–H and O–H groups in total. The monoisotopic (exact) mass is 438 g/mol. The number of aromatic amines is 2. The lowest BCUT2D eigenvalue weighted by atomic mass is 9.89. The standard InChI is InChI=1S/C25H34N4O3/c1-4-19(5-2)32-21-8-7-17(13-22(21)31-6-3)15-29-11-9-18(10-12-29)20-14-26-25(30)24-23(20)27-16-28-24/h7-8,13-14,16,18-19H,4-6,9-12,15H2,1-3H3,(H,26,30)(H,27,28). The molecule has 1 saturated heterocycles. The second-order valence-electron chi connectivity index (χ2n) is 8.52. The van der Waals surface area contributed by atoms with Gasteiger partial charge in [0.1, 0.15) is 0 Å². The number of rotatable bonds is 9. The third kappa shape index (κ3) is 4.83. The van der Waals surface area contributed by atoms with Crippen molar-refractivity contribution in [3.63, 3.8) is 0 Å². The van der Waals surface area contributed by atoms with Crippen LogP contribution < -0.4 is 15.0 Å². The molecule has 7 nitrogen and oxygen atoms in total. The van der Waals surface area contributed by atoms with Crippen LogP contribution in [-0.4, -0.2) is 45.7 Å². The van der Waals surface area contributed by atoms with Crippen molar-refractivity contribution in [2.75, 3.05) is 19.7 Å². The Labute approximate surface area is 189 Å². The molecule has 172 valence electrons. The number of ether oxygens (including phenoxy) is 2. The summed E-state index contributed by atoms with van der Waals surface area (Å²) >= 11 is 0. The van der Waals surface area contributed by atoms with Gasteiger partial charge in [-0.25, -0.2) is 4.98 Å². The van der Waals surface area contributed by atoms with Crippen molar-refractivity contribution in [3.8, 4) is 11.5 Å². The van der Waals surface area contributed by atoms with Crippen molar-refractivity contribution in [3.05, 3.63) is 52.2 Å². The maximum atomic E-state index is 12.0. The fourth-order valence-corrected chi connectivity index (χ4v) is 4.60. The maximum absolute atomic E-state index is 12.0. The highest BCUT2D eigenvalue weighted by atomic mass is 16.5. The fraction of sp³-hybridized carbons (Fsp3) is 0.520. The average Bonchev–Trinajstić information content (AvgIpc) is 3.31. The lowest BCUT2D eigenvalue weighted by molar-refractivity contribution is 0.181. The Kier molecular flexibility index (Phi) is 7.15. The van der Waals surface area contributed by atoms with Crippen LogP contribution in [0.1, 0.15) is 63.5 Å². The molecule has 0 amide bonds. The number of likely N-dealkylation sites (tertiary alicyclic amines) is 1. The van der Waals surface area contributed by atoms with Gasteiger partial charge in [0.25, 0.3) is 5.56 Å². The zero-order valence-electron chi connectivity index (χ0n) is 19.3. The van der Waals surface area contributed by atoms with Crippen molar-refractivity contribution in [1.29, 1.82) is 0 Å². The summed E-state index contributed by atoms with van der Waals surface area (Å²) in [5.74, 6) is 2.09. The van der Waals surface area contributed by atoms with Gasteiger partial charge in [0, 0.05) is 12.7 Å². The van der Waals surface area contributed by atoms with Gasteiger partial charge in [0.05, 0.1) is 24.6 Å². The van der Waals surface area contributed by atoms with Gasteiger partial charge in [-0.3, -0.25) is 9.69 Å². The highest BCUT2D eigenvalue weighted by Gasteiger charge is 2.24. The molecular formula is C25H34N4O3. The minimum Gasteiger partial charge on any atom is -0.490 e. The quantitative estimate of drug-likeness (QED) is 0.510. The van der Waals surface area contributed by atoms with Gasteiger partial charge in [-0.2, -0.15) is 0 Å². The molecular weight excluding hydrogens is 404 g/mol. The van der Waals surface area contributed by atoms with Gasteiger partial charge in [-0.15, -0.1) is 0 Å². The maximum Gasteiger partial charge on any atom is 0.276 e. The number of hydrogen-bond donors (Lipinski definition) is 2. The average molecular weight is 439 g/mol. The van der Waals surface area contributed by atoms with Gasteiger partial charge < -0.3 is 19.4 Å². The Morgan fingerprint density at radius 3 is 2.62 bits per heavy atom. The summed E-state index contributed by atoms with van der Waals surface area (Å²) in [6.45, 7) is 9.84. The Hall–Kier alpha value is -2.80. The van der Waals surface area contributed by atoms with E-state index in [0.29, 0.717) is 18.0 Å². The normalized spacial score (nSPS) is 15.5. The van der Waals surface area contributed by atoms with Gasteiger partial charge in [-0.05, 0) is 74.9 Å². The molecule has 3 heterocycles. The number of fused-ring (bicyclic) bond motifs is 1. The molecule has 0 unspecified atom stereocenters. The van der Waals surface area contributed by atoms with Crippen LogP contribution in [0.25, 0.3) is 11.0 Å². The molecule has 3 aromatic rings. The highest BCUT2D eigenvalue weighted by molar-refractivity contribution is 5.77. The minimum atomic E-state index is -0.135. The molecule has 0 atom stereocenters. The highest BCUT2D eigenvalue weighted by Crippen LogP contribution is 2.33. The van der Waals surface area contributed by atoms with Gasteiger partial charge in [0.2, 0.25) is 0 Å². The number of nitrogens with one attached hydrogen (secondary N) is 2. The number of imidazole rings is 1. The predicted octanol–water partition coefficient (Wildman–Crippen LogP) is 4.60. The Morgan fingerprint density at radius 1 is 1.12 bits per heavy atom. The zero-order valence-corrected chi connectivity index (χ0v) is 19.3. The molecule has 2 aromatic heterocycles. The second kappa shape index (κ2) is 10.2. The van der Waals surface area contributed by atoms with Crippen molar-refractivity contribution < 1.29 is 9.47 Å². The first-order valence-electron chi connectivity index (χ1n) is 11.8. The van der Waals surface area contributed by atoms with Crippen LogP contribution in [0, 0.1) is 0 Å². The number of nitrogens with zero attached hydrogens (tertiary/aromatic N) is 2. The molecule has 0 saturated carbocycles. The third-order valence-corrected chi connectivity index (χ3v) is 6.45. The minimum absolute atomic E-state index is 0.135. The summed E-state index contributed by atoms with van der Waals surface area (Å²) in [6.07, 6.45) is 7.75. The summed E-state index contributed by atoms with van der Waals surface area (Å²) in [5, 5.41) is 0. The van der Waals surface area contributed by atoms with E-state index in [1.165, 1.54) is 11.1 Å². The Morgan fingerprint density at radius 2 is 1.91 bits per heavy atom. The first kappa shape index (κ1) is 22.4. The number of pyridine rings is 1. The summed E-state index contributed by atoms with van der Waals surface area (Å²) in [5.41, 5.74) is 3.65. The van der Waals surface area contributed by atoms with Crippen LogP contribution in [0.2, 0.25) is 0 Å². The lowest BCUT2D eigenvalue weighted by Gasteiger charge is -2.32. The van der Waals surface area contributed by atoms with Crippen molar-refractivity contribution in [2.45, 2.75) is 65.0 Å². The van der Waals surface area contributed by atoms with Crippen LogP contribution in [0.3, 0.4) is 0 Å². The van der Waals surface area contributed by atoms with Crippen LogP contribution in [-0.2, 0) is 6.54 Å². The lowest BCUT2D eigenvalue weighted by Crippen LogP contribution is -2.32. The van der Waals surface area contributed by atoms with Gasteiger partial charge in [-0.1, -0.05) is 19.9 Å². The van der Waals surface area contributed by atoms with Crippen molar-refractivity contribution >= 4 is 11.0 Å². The second-order valence-corrected chi connectivity index (χ2v) is 8.52. The topological polar surface area (TPSA) is 83.2 Å². The van der Waals surface area contributed by atoms with Crippen LogP contribution in [0.15, 0.2) is 35.5 Å². The first-order valence-corrected chi connectivity index (χ1v) is 11.8. The van der Waals surface area contributed by atoms with Crippen LogP contribution in [0.4, 0.5) is 0 Å². The molecule has 0 radical (unpaired) electrons. The SMILES string of the molecule is CCOc1cc(CN2CCC(c3c[nH]c(=O)c4nc[nH]c34)CC2)ccc1OC(CC)CC. The largest absolute Gasteiger partial charge is 0.490 e. The summed E-state index contributed by atoms with van der Waals surface area (Å²) in [4.78, 5) is 24.6. The Balaban J connectivity index is 1.41. The summed E-state index contributed by atoms with van der Waals surface area (Å²) in [7, 11) is 0. The molecule has 0 spiro atoms. The zero-order chi connectivity index (χ0) is 22.5. The number of aromatic nitrogens is 3. The molecule has 1 aliphatic heterocycles. The van der Waals surface area contributed by atoms with E-state index < -0.39 is 0 Å². The van der Waals surface area contributed by atoms with E-state index in [4.69, 9.17) is 9.47 Å². The fourth-order valence-electron chi connectivity index (χ4n) is 4.60. The van der Waals surface area contributed by atoms with E-state index in [-0.39, 0.29) is 11.7 Å². The molecule has 4 rings (SSSR count). The van der Waals surface area contributed by atoms with E-state index in [0.717, 1.165) is 62.3 Å². The molecule has 0 bridgehead atoms. The van der Waals surface area contributed by atoms with E-state index in [2.05, 4.69) is 51.9 Å². The molecule has 0 aliphatic carbocycles. The molecule has 32 heavy (non-hydrogen) atoms. The predicted molar refractivity (Wildman–Crippen MR) is 127 cm³/mol. The molecule has 7 heteroatoms. The van der Waals surface area contributed by atoms with Gasteiger partial charge in [0.15, 0.2) is 17.0 Å².